The summed E-state index contributed by atoms with van der Waals surface area (Å²) in [4.78, 5) is 49.3. The van der Waals surface area contributed by atoms with Crippen molar-refractivity contribution >= 4 is 34.8 Å². The summed E-state index contributed by atoms with van der Waals surface area (Å²) in [6.07, 6.45) is 2.11. The molecular formula is C23H26N4O5. The number of anilines is 2. The number of nitro benzene ring substituents is 1. The van der Waals surface area contributed by atoms with Gasteiger partial charge in [-0.25, -0.2) is 0 Å². The number of hydrogen-bond acceptors (Lipinski definition) is 5. The Morgan fingerprint density at radius 3 is 2.53 bits per heavy atom. The zero-order chi connectivity index (χ0) is 23.3. The van der Waals surface area contributed by atoms with Gasteiger partial charge in [-0.05, 0) is 43.2 Å². The van der Waals surface area contributed by atoms with Crippen molar-refractivity contribution in [3.63, 3.8) is 0 Å². The van der Waals surface area contributed by atoms with E-state index in [4.69, 9.17) is 0 Å². The fraction of sp³-hybridized carbons (Fsp3) is 0.348. The number of amides is 3. The number of likely N-dealkylation sites (tertiary alicyclic amines) is 1. The number of nitro groups is 1. The Kier molecular flexibility index (Phi) is 7.19. The standard InChI is InChI=1S/C23H26N4O5/c1-3-4-11-26-14-17(12-21(26)28)23(30)24-18-8-6-16(7-9-18)22(29)25-20-13-19(27(31)32)10-5-15(20)2/h5-10,13,17H,3-4,11-12,14H2,1-2H3,(H,24,30)(H,25,29)/t17-/m0/s1. The van der Waals surface area contributed by atoms with E-state index < -0.39 is 10.8 Å². The van der Waals surface area contributed by atoms with E-state index in [1.807, 2.05) is 0 Å². The van der Waals surface area contributed by atoms with Crippen LogP contribution in [0, 0.1) is 23.0 Å². The third kappa shape index (κ3) is 5.48. The van der Waals surface area contributed by atoms with Crippen LogP contribution in [0.3, 0.4) is 0 Å². The number of carbonyl (C=O) groups is 3. The Morgan fingerprint density at radius 1 is 1.16 bits per heavy atom. The lowest BCUT2D eigenvalue weighted by Crippen LogP contribution is -2.29. The molecule has 1 heterocycles. The smallest absolute Gasteiger partial charge is 0.271 e. The third-order valence-corrected chi connectivity index (χ3v) is 5.46. The number of unbranched alkanes of at least 4 members (excludes halogenated alkanes) is 1. The van der Waals surface area contributed by atoms with Crippen LogP contribution in [0.4, 0.5) is 17.1 Å². The van der Waals surface area contributed by atoms with Gasteiger partial charge in [0.15, 0.2) is 0 Å². The van der Waals surface area contributed by atoms with Crippen LogP contribution in [0.15, 0.2) is 42.5 Å². The number of nitrogens with zero attached hydrogens (tertiary/aromatic N) is 2. The van der Waals surface area contributed by atoms with Gasteiger partial charge in [-0.1, -0.05) is 19.4 Å². The summed E-state index contributed by atoms with van der Waals surface area (Å²) in [7, 11) is 0. The van der Waals surface area contributed by atoms with Crippen LogP contribution >= 0.6 is 0 Å². The molecule has 168 valence electrons. The van der Waals surface area contributed by atoms with Crippen LogP contribution in [0.2, 0.25) is 0 Å². The molecule has 32 heavy (non-hydrogen) atoms. The summed E-state index contributed by atoms with van der Waals surface area (Å²) in [5.74, 6) is -1.03. The lowest BCUT2D eigenvalue weighted by Gasteiger charge is -2.16. The highest BCUT2D eigenvalue weighted by atomic mass is 16.6. The highest BCUT2D eigenvalue weighted by molar-refractivity contribution is 6.05. The minimum atomic E-state index is -0.520. The van der Waals surface area contributed by atoms with Crippen LogP contribution < -0.4 is 10.6 Å². The molecule has 1 aliphatic heterocycles. The van der Waals surface area contributed by atoms with Crippen molar-refractivity contribution < 1.29 is 19.3 Å². The Balaban J connectivity index is 1.60. The zero-order valence-electron chi connectivity index (χ0n) is 18.1. The average molecular weight is 438 g/mol. The largest absolute Gasteiger partial charge is 0.342 e. The molecule has 2 N–H and O–H groups in total. The van der Waals surface area contributed by atoms with Crippen molar-refractivity contribution in [1.82, 2.24) is 4.90 Å². The van der Waals surface area contributed by atoms with E-state index in [9.17, 15) is 24.5 Å². The maximum Gasteiger partial charge on any atom is 0.271 e. The Bertz CT molecular complexity index is 1040. The van der Waals surface area contributed by atoms with Gasteiger partial charge in [-0.15, -0.1) is 0 Å². The number of benzene rings is 2. The summed E-state index contributed by atoms with van der Waals surface area (Å²) in [5.41, 5.74) is 1.82. The first-order chi connectivity index (χ1) is 15.3. The normalized spacial score (nSPS) is 15.5. The van der Waals surface area contributed by atoms with Crippen molar-refractivity contribution in [2.75, 3.05) is 23.7 Å². The van der Waals surface area contributed by atoms with Gasteiger partial charge in [0.2, 0.25) is 11.8 Å². The van der Waals surface area contributed by atoms with E-state index >= 15 is 0 Å². The van der Waals surface area contributed by atoms with Gasteiger partial charge in [0, 0.05) is 42.9 Å². The van der Waals surface area contributed by atoms with Gasteiger partial charge >= 0.3 is 0 Å². The summed E-state index contributed by atoms with van der Waals surface area (Å²) in [6.45, 7) is 4.90. The number of aryl methyl sites for hydroxylation is 1. The van der Waals surface area contributed by atoms with Crippen LogP contribution in [0.5, 0.6) is 0 Å². The molecule has 2 aromatic rings. The highest BCUT2D eigenvalue weighted by Gasteiger charge is 2.33. The first-order valence-corrected chi connectivity index (χ1v) is 10.5. The van der Waals surface area contributed by atoms with Gasteiger partial charge in [0.25, 0.3) is 11.6 Å². The van der Waals surface area contributed by atoms with Crippen molar-refractivity contribution in [3.8, 4) is 0 Å². The number of carbonyl (C=O) groups excluding carboxylic acids is 3. The molecule has 3 rings (SSSR count). The molecule has 1 fully saturated rings. The molecule has 0 unspecified atom stereocenters. The van der Waals surface area contributed by atoms with Crippen molar-refractivity contribution in [3.05, 3.63) is 63.7 Å². The quantitative estimate of drug-likeness (QED) is 0.480. The SMILES string of the molecule is CCCCN1C[C@@H](C(=O)Nc2ccc(C(=O)Nc3cc([N+](=O)[O-])ccc3C)cc2)CC1=O. The highest BCUT2D eigenvalue weighted by Crippen LogP contribution is 2.23. The molecule has 0 radical (unpaired) electrons. The van der Waals surface area contributed by atoms with E-state index in [2.05, 4.69) is 17.6 Å². The minimum Gasteiger partial charge on any atom is -0.342 e. The molecular weight excluding hydrogens is 412 g/mol. The topological polar surface area (TPSA) is 122 Å². The lowest BCUT2D eigenvalue weighted by atomic mass is 10.1. The summed E-state index contributed by atoms with van der Waals surface area (Å²) in [5, 5.41) is 16.4. The molecule has 1 saturated heterocycles. The molecule has 0 saturated carbocycles. The van der Waals surface area contributed by atoms with Gasteiger partial charge in [-0.3, -0.25) is 24.5 Å². The van der Waals surface area contributed by atoms with Crippen molar-refractivity contribution in [1.29, 1.82) is 0 Å². The molecule has 9 nitrogen and oxygen atoms in total. The zero-order valence-corrected chi connectivity index (χ0v) is 18.1. The van der Waals surface area contributed by atoms with E-state index in [0.717, 1.165) is 12.8 Å². The van der Waals surface area contributed by atoms with Crippen LogP contribution in [-0.2, 0) is 9.59 Å². The average Bonchev–Trinajstić information content (AvgIpc) is 3.14. The minimum absolute atomic E-state index is 0.00191. The monoisotopic (exact) mass is 438 g/mol. The van der Waals surface area contributed by atoms with E-state index in [1.165, 1.54) is 12.1 Å². The van der Waals surface area contributed by atoms with Crippen LogP contribution in [0.1, 0.15) is 42.1 Å². The molecule has 0 aromatic heterocycles. The Hall–Kier alpha value is -3.75. The number of hydrogen-bond donors (Lipinski definition) is 2. The fourth-order valence-corrected chi connectivity index (χ4v) is 3.51. The first kappa shape index (κ1) is 22.9. The van der Waals surface area contributed by atoms with Crippen LogP contribution in [0.25, 0.3) is 0 Å². The summed E-state index contributed by atoms with van der Waals surface area (Å²) in [6, 6.07) is 10.6. The number of non-ortho nitro benzene ring substituents is 1. The predicted molar refractivity (Wildman–Crippen MR) is 120 cm³/mol. The van der Waals surface area contributed by atoms with E-state index in [1.54, 1.807) is 42.2 Å². The van der Waals surface area contributed by atoms with Gasteiger partial charge in [-0.2, -0.15) is 0 Å². The number of rotatable bonds is 8. The Morgan fingerprint density at radius 2 is 1.88 bits per heavy atom. The second-order valence-electron chi connectivity index (χ2n) is 7.87. The van der Waals surface area contributed by atoms with Gasteiger partial charge < -0.3 is 15.5 Å². The molecule has 0 aliphatic carbocycles. The molecule has 9 heteroatoms. The van der Waals surface area contributed by atoms with Crippen LogP contribution in [-0.4, -0.2) is 40.6 Å². The van der Waals surface area contributed by atoms with E-state index in [-0.39, 0.29) is 29.8 Å². The molecule has 1 aliphatic rings. The second kappa shape index (κ2) is 10.0. The first-order valence-electron chi connectivity index (χ1n) is 10.5. The Labute approximate surface area is 185 Å². The van der Waals surface area contributed by atoms with Gasteiger partial charge in [0.1, 0.15) is 0 Å². The van der Waals surface area contributed by atoms with Gasteiger partial charge in [0.05, 0.1) is 16.5 Å². The number of nitrogens with one attached hydrogen (secondary N) is 2. The molecule has 0 bridgehead atoms. The maximum atomic E-state index is 12.5. The molecule has 3 amide bonds. The maximum absolute atomic E-state index is 12.5. The predicted octanol–water partition coefficient (Wildman–Crippen LogP) is 3.74. The van der Waals surface area contributed by atoms with Crippen molar-refractivity contribution in [2.45, 2.75) is 33.1 Å². The molecule has 2 aromatic carbocycles. The summed E-state index contributed by atoms with van der Waals surface area (Å²) >= 11 is 0. The summed E-state index contributed by atoms with van der Waals surface area (Å²) < 4.78 is 0. The molecule has 1 atom stereocenters. The second-order valence-corrected chi connectivity index (χ2v) is 7.87. The lowest BCUT2D eigenvalue weighted by molar-refractivity contribution is -0.384. The van der Waals surface area contributed by atoms with Crippen molar-refractivity contribution in [2.24, 2.45) is 5.92 Å². The van der Waals surface area contributed by atoms with E-state index in [0.29, 0.717) is 35.6 Å². The third-order valence-electron chi connectivity index (χ3n) is 5.46. The molecule has 0 spiro atoms. The fourth-order valence-electron chi connectivity index (χ4n) is 3.51.